The zero-order valence-corrected chi connectivity index (χ0v) is 8.10. The number of nitrogens with one attached hydrogen (secondary N) is 1. The van der Waals surface area contributed by atoms with E-state index < -0.39 is 0 Å². The molecule has 0 aromatic rings. The van der Waals surface area contributed by atoms with Crippen LogP contribution in [0.4, 0.5) is 0 Å². The maximum absolute atomic E-state index is 11.4. The van der Waals surface area contributed by atoms with Crippen molar-refractivity contribution in [2.24, 2.45) is 5.92 Å². The molecule has 0 radical (unpaired) electrons. The van der Waals surface area contributed by atoms with Crippen LogP contribution < -0.4 is 5.32 Å². The van der Waals surface area contributed by atoms with Crippen molar-refractivity contribution in [3.05, 3.63) is 0 Å². The SMILES string of the molecule is CC(C)CC(=O)CC1CCCN1. The van der Waals surface area contributed by atoms with E-state index in [-0.39, 0.29) is 0 Å². The van der Waals surface area contributed by atoms with E-state index in [0.29, 0.717) is 17.7 Å². The molecule has 1 aliphatic rings. The minimum atomic E-state index is 0.421. The molecular weight excluding hydrogens is 150 g/mol. The third kappa shape index (κ3) is 3.35. The average molecular weight is 169 g/mol. The Morgan fingerprint density at radius 2 is 2.33 bits per heavy atom. The zero-order chi connectivity index (χ0) is 8.97. The molecular formula is C10H19NO. The van der Waals surface area contributed by atoms with Crippen LogP contribution >= 0.6 is 0 Å². The fraction of sp³-hybridized carbons (Fsp3) is 0.900. The number of hydrogen-bond donors (Lipinski definition) is 1. The van der Waals surface area contributed by atoms with Gasteiger partial charge in [-0.2, -0.15) is 0 Å². The van der Waals surface area contributed by atoms with Crippen LogP contribution in [0.25, 0.3) is 0 Å². The van der Waals surface area contributed by atoms with Crippen molar-refractivity contribution in [2.75, 3.05) is 6.54 Å². The highest BCUT2D eigenvalue weighted by Crippen LogP contribution is 2.12. The first kappa shape index (κ1) is 9.72. The Labute approximate surface area is 74.7 Å². The van der Waals surface area contributed by atoms with Gasteiger partial charge in [0, 0.05) is 18.9 Å². The largest absolute Gasteiger partial charge is 0.314 e. The highest BCUT2D eigenvalue weighted by atomic mass is 16.1. The van der Waals surface area contributed by atoms with E-state index in [4.69, 9.17) is 0 Å². The molecule has 1 aliphatic heterocycles. The van der Waals surface area contributed by atoms with Gasteiger partial charge in [0.2, 0.25) is 0 Å². The van der Waals surface area contributed by atoms with Crippen LogP contribution in [0.15, 0.2) is 0 Å². The molecule has 1 heterocycles. The molecule has 2 heteroatoms. The van der Waals surface area contributed by atoms with E-state index in [1.54, 1.807) is 0 Å². The lowest BCUT2D eigenvalue weighted by Crippen LogP contribution is -2.24. The van der Waals surface area contributed by atoms with E-state index in [2.05, 4.69) is 19.2 Å². The van der Waals surface area contributed by atoms with E-state index in [9.17, 15) is 4.79 Å². The predicted octanol–water partition coefficient (Wildman–Crippen LogP) is 1.74. The molecule has 0 bridgehead atoms. The summed E-state index contributed by atoms with van der Waals surface area (Å²) in [4.78, 5) is 11.4. The molecule has 0 spiro atoms. The van der Waals surface area contributed by atoms with Gasteiger partial charge < -0.3 is 5.32 Å². The molecule has 1 fully saturated rings. The van der Waals surface area contributed by atoms with Gasteiger partial charge in [0.25, 0.3) is 0 Å². The summed E-state index contributed by atoms with van der Waals surface area (Å²) in [6.45, 7) is 5.29. The van der Waals surface area contributed by atoms with Crippen LogP contribution in [0, 0.1) is 5.92 Å². The second-order valence-corrected chi connectivity index (χ2v) is 4.13. The summed E-state index contributed by atoms with van der Waals surface area (Å²) in [7, 11) is 0. The van der Waals surface area contributed by atoms with Gasteiger partial charge in [-0.05, 0) is 25.3 Å². The molecule has 70 valence electrons. The van der Waals surface area contributed by atoms with Crippen molar-refractivity contribution in [1.29, 1.82) is 0 Å². The maximum Gasteiger partial charge on any atom is 0.134 e. The van der Waals surface area contributed by atoms with Gasteiger partial charge in [-0.25, -0.2) is 0 Å². The fourth-order valence-electron chi connectivity index (χ4n) is 1.74. The second-order valence-electron chi connectivity index (χ2n) is 4.13. The average Bonchev–Trinajstić information content (AvgIpc) is 2.37. The minimum absolute atomic E-state index is 0.421. The van der Waals surface area contributed by atoms with Crippen LogP contribution in [0.5, 0.6) is 0 Å². The van der Waals surface area contributed by atoms with E-state index in [0.717, 1.165) is 19.4 Å². The van der Waals surface area contributed by atoms with E-state index >= 15 is 0 Å². The Morgan fingerprint density at radius 3 is 2.83 bits per heavy atom. The van der Waals surface area contributed by atoms with E-state index in [1.807, 2.05) is 0 Å². The minimum Gasteiger partial charge on any atom is -0.314 e. The van der Waals surface area contributed by atoms with Gasteiger partial charge in [0.15, 0.2) is 0 Å². The first-order valence-corrected chi connectivity index (χ1v) is 4.93. The number of carbonyl (C=O) groups is 1. The Morgan fingerprint density at radius 1 is 1.58 bits per heavy atom. The van der Waals surface area contributed by atoms with Gasteiger partial charge >= 0.3 is 0 Å². The lowest BCUT2D eigenvalue weighted by atomic mass is 10.0. The predicted molar refractivity (Wildman–Crippen MR) is 50.1 cm³/mol. The number of rotatable bonds is 4. The standard InChI is InChI=1S/C10H19NO/c1-8(2)6-10(12)7-9-4-3-5-11-9/h8-9,11H,3-7H2,1-2H3. The number of carbonyl (C=O) groups excluding carboxylic acids is 1. The molecule has 0 saturated carbocycles. The Balaban J connectivity index is 2.16. The molecule has 2 nitrogen and oxygen atoms in total. The molecule has 1 rings (SSSR count). The lowest BCUT2D eigenvalue weighted by Gasteiger charge is -2.09. The number of Topliss-reactive ketones (excluding diaryl/α,β-unsaturated/α-hetero) is 1. The fourth-order valence-corrected chi connectivity index (χ4v) is 1.74. The molecule has 1 N–H and O–H groups in total. The second kappa shape index (κ2) is 4.61. The van der Waals surface area contributed by atoms with Crippen molar-refractivity contribution in [1.82, 2.24) is 5.32 Å². The summed E-state index contributed by atoms with van der Waals surface area (Å²) < 4.78 is 0. The van der Waals surface area contributed by atoms with Crippen molar-refractivity contribution in [3.8, 4) is 0 Å². The van der Waals surface area contributed by atoms with Crippen LogP contribution in [-0.2, 0) is 4.79 Å². The monoisotopic (exact) mass is 169 g/mol. The normalized spacial score (nSPS) is 23.4. The summed E-state index contributed by atoms with van der Waals surface area (Å²) in [5.41, 5.74) is 0. The Kier molecular flexibility index (Phi) is 3.73. The smallest absolute Gasteiger partial charge is 0.134 e. The van der Waals surface area contributed by atoms with Crippen LogP contribution in [0.2, 0.25) is 0 Å². The van der Waals surface area contributed by atoms with Crippen molar-refractivity contribution < 1.29 is 4.79 Å². The summed E-state index contributed by atoms with van der Waals surface area (Å²) in [5.74, 6) is 0.934. The first-order chi connectivity index (χ1) is 5.68. The van der Waals surface area contributed by atoms with Crippen molar-refractivity contribution >= 4 is 5.78 Å². The van der Waals surface area contributed by atoms with Crippen LogP contribution in [0.3, 0.4) is 0 Å². The van der Waals surface area contributed by atoms with Crippen LogP contribution in [-0.4, -0.2) is 18.4 Å². The number of ketones is 1. The third-order valence-corrected chi connectivity index (χ3v) is 2.27. The van der Waals surface area contributed by atoms with Crippen molar-refractivity contribution in [2.45, 2.75) is 45.6 Å². The number of hydrogen-bond acceptors (Lipinski definition) is 2. The molecule has 0 amide bonds. The van der Waals surface area contributed by atoms with Crippen molar-refractivity contribution in [3.63, 3.8) is 0 Å². The summed E-state index contributed by atoms with van der Waals surface area (Å²) in [6.07, 6.45) is 3.92. The van der Waals surface area contributed by atoms with E-state index in [1.165, 1.54) is 12.8 Å². The van der Waals surface area contributed by atoms with Crippen LogP contribution in [0.1, 0.15) is 39.5 Å². The molecule has 1 saturated heterocycles. The van der Waals surface area contributed by atoms with Gasteiger partial charge in [0.05, 0.1) is 0 Å². The summed E-state index contributed by atoms with van der Waals surface area (Å²) in [6, 6.07) is 0.483. The van der Waals surface area contributed by atoms with Gasteiger partial charge in [-0.15, -0.1) is 0 Å². The zero-order valence-electron chi connectivity index (χ0n) is 8.10. The quantitative estimate of drug-likeness (QED) is 0.694. The van der Waals surface area contributed by atoms with Gasteiger partial charge in [0.1, 0.15) is 5.78 Å². The molecule has 1 unspecified atom stereocenters. The maximum atomic E-state index is 11.4. The summed E-state index contributed by atoms with van der Waals surface area (Å²) >= 11 is 0. The van der Waals surface area contributed by atoms with Gasteiger partial charge in [-0.3, -0.25) is 4.79 Å². The highest BCUT2D eigenvalue weighted by Gasteiger charge is 2.17. The molecule has 12 heavy (non-hydrogen) atoms. The molecule has 0 aromatic heterocycles. The molecule has 0 aliphatic carbocycles. The molecule has 0 aromatic carbocycles. The lowest BCUT2D eigenvalue weighted by molar-refractivity contribution is -0.120. The van der Waals surface area contributed by atoms with Gasteiger partial charge in [-0.1, -0.05) is 13.8 Å². The Bertz CT molecular complexity index is 148. The highest BCUT2D eigenvalue weighted by molar-refractivity contribution is 5.79. The molecule has 1 atom stereocenters. The topological polar surface area (TPSA) is 29.1 Å². The summed E-state index contributed by atoms with van der Waals surface area (Å²) in [5, 5.41) is 3.34. The first-order valence-electron chi connectivity index (χ1n) is 4.93. The third-order valence-electron chi connectivity index (χ3n) is 2.27. The Hall–Kier alpha value is -0.370.